The molecule has 0 fully saturated rings. The molecule has 1 aromatic rings. The average molecular weight is 182 g/mol. The van der Waals surface area contributed by atoms with E-state index in [4.69, 9.17) is 11.6 Å². The molecule has 4 heteroatoms. The molecule has 0 aliphatic heterocycles. The van der Waals surface area contributed by atoms with Gasteiger partial charge in [-0.25, -0.2) is 9.66 Å². The van der Waals surface area contributed by atoms with E-state index in [0.29, 0.717) is 11.7 Å². The summed E-state index contributed by atoms with van der Waals surface area (Å²) in [5.74, 6) is 7.49. The molecule has 0 aliphatic carbocycles. The van der Waals surface area contributed by atoms with Crippen molar-refractivity contribution >= 4 is 5.82 Å². The summed E-state index contributed by atoms with van der Waals surface area (Å²) >= 11 is 0. The third kappa shape index (κ3) is 1.61. The van der Waals surface area contributed by atoms with Gasteiger partial charge in [-0.15, -0.1) is 0 Å². The van der Waals surface area contributed by atoms with Crippen LogP contribution in [0.15, 0.2) is 0 Å². The van der Waals surface area contributed by atoms with Gasteiger partial charge >= 0.3 is 0 Å². The largest absolute Gasteiger partial charge is 0.382 e. The third-order valence-electron chi connectivity index (χ3n) is 2.53. The first kappa shape index (κ1) is 9.89. The van der Waals surface area contributed by atoms with Crippen molar-refractivity contribution in [2.24, 2.45) is 0 Å². The molecule has 0 saturated carbocycles. The fraction of sp³-hybridized carbons (Fsp3) is 0.667. The summed E-state index contributed by atoms with van der Waals surface area (Å²) in [6.45, 7) is 6.14. The maximum Gasteiger partial charge on any atom is 0.146 e. The highest BCUT2D eigenvalue weighted by atomic mass is 15.4. The lowest BCUT2D eigenvalue weighted by Gasteiger charge is -2.09. The Morgan fingerprint density at radius 1 is 1.38 bits per heavy atom. The van der Waals surface area contributed by atoms with Crippen LogP contribution in [0.25, 0.3) is 0 Å². The number of nitrogens with zero attached hydrogens (tertiary/aromatic N) is 2. The number of imidazole rings is 1. The number of nitrogens with two attached hydrogens (primary N) is 2. The van der Waals surface area contributed by atoms with Gasteiger partial charge in [0.25, 0.3) is 0 Å². The Labute approximate surface area is 78.9 Å². The molecule has 0 aliphatic rings. The number of rotatable bonds is 3. The Hall–Kier alpha value is -1.19. The van der Waals surface area contributed by atoms with E-state index in [0.717, 1.165) is 24.4 Å². The van der Waals surface area contributed by atoms with E-state index in [1.165, 1.54) is 4.68 Å². The SMILES string of the molecule is CCC(CC)c1nc(C)n(N)c1N. The predicted molar refractivity (Wildman–Crippen MR) is 54.8 cm³/mol. The van der Waals surface area contributed by atoms with Gasteiger partial charge in [0.05, 0.1) is 5.69 Å². The summed E-state index contributed by atoms with van der Waals surface area (Å²) in [7, 11) is 0. The second-order valence-corrected chi connectivity index (χ2v) is 3.31. The van der Waals surface area contributed by atoms with Gasteiger partial charge in [0.2, 0.25) is 0 Å². The Bertz CT molecular complexity index is 286. The van der Waals surface area contributed by atoms with E-state index >= 15 is 0 Å². The number of hydrogen-bond donors (Lipinski definition) is 2. The average Bonchev–Trinajstić information content (AvgIpc) is 2.36. The maximum absolute atomic E-state index is 5.83. The lowest BCUT2D eigenvalue weighted by atomic mass is 10.00. The molecule has 0 atom stereocenters. The molecule has 0 amide bonds. The normalized spacial score (nSPS) is 11.1. The van der Waals surface area contributed by atoms with Crippen LogP contribution in [0.4, 0.5) is 5.82 Å². The Morgan fingerprint density at radius 2 is 1.92 bits per heavy atom. The van der Waals surface area contributed by atoms with Gasteiger partial charge in [0.1, 0.15) is 11.6 Å². The Kier molecular flexibility index (Phi) is 2.80. The zero-order valence-electron chi connectivity index (χ0n) is 8.54. The van der Waals surface area contributed by atoms with Crippen molar-refractivity contribution in [2.75, 3.05) is 11.6 Å². The molecule has 0 radical (unpaired) electrons. The molecule has 0 unspecified atom stereocenters. The van der Waals surface area contributed by atoms with Gasteiger partial charge in [-0.05, 0) is 19.8 Å². The molecule has 4 nitrogen and oxygen atoms in total. The monoisotopic (exact) mass is 182 g/mol. The minimum atomic E-state index is 0.434. The quantitative estimate of drug-likeness (QED) is 0.694. The van der Waals surface area contributed by atoms with Gasteiger partial charge in [-0.2, -0.15) is 0 Å². The van der Waals surface area contributed by atoms with Crippen LogP contribution in [0.5, 0.6) is 0 Å². The van der Waals surface area contributed by atoms with E-state index in [2.05, 4.69) is 18.8 Å². The molecule has 0 saturated heterocycles. The maximum atomic E-state index is 5.83. The van der Waals surface area contributed by atoms with Crippen LogP contribution >= 0.6 is 0 Å². The predicted octanol–water partition coefficient (Wildman–Crippen LogP) is 1.39. The van der Waals surface area contributed by atoms with Crippen LogP contribution in [-0.4, -0.2) is 9.66 Å². The molecule has 74 valence electrons. The summed E-state index contributed by atoms with van der Waals surface area (Å²) in [5, 5.41) is 0. The highest BCUT2D eigenvalue weighted by molar-refractivity contribution is 5.40. The van der Waals surface area contributed by atoms with Crippen LogP contribution in [0.2, 0.25) is 0 Å². The summed E-state index contributed by atoms with van der Waals surface area (Å²) < 4.78 is 1.45. The van der Waals surface area contributed by atoms with E-state index in [1.807, 2.05) is 6.92 Å². The molecule has 1 aromatic heterocycles. The molecule has 0 bridgehead atoms. The highest BCUT2D eigenvalue weighted by Gasteiger charge is 2.16. The number of aromatic nitrogens is 2. The van der Waals surface area contributed by atoms with E-state index in [9.17, 15) is 0 Å². The van der Waals surface area contributed by atoms with Crippen molar-refractivity contribution in [3.63, 3.8) is 0 Å². The second-order valence-electron chi connectivity index (χ2n) is 3.31. The molecule has 1 rings (SSSR count). The van der Waals surface area contributed by atoms with Crippen LogP contribution in [-0.2, 0) is 0 Å². The van der Waals surface area contributed by atoms with Crippen molar-refractivity contribution in [3.05, 3.63) is 11.5 Å². The summed E-state index contributed by atoms with van der Waals surface area (Å²) in [6.07, 6.45) is 2.11. The molecule has 0 spiro atoms. The van der Waals surface area contributed by atoms with Gasteiger partial charge in [0, 0.05) is 5.92 Å². The fourth-order valence-electron chi connectivity index (χ4n) is 1.56. The minimum Gasteiger partial charge on any atom is -0.382 e. The van der Waals surface area contributed by atoms with Crippen molar-refractivity contribution in [1.29, 1.82) is 0 Å². The lowest BCUT2D eigenvalue weighted by Crippen LogP contribution is -2.14. The van der Waals surface area contributed by atoms with Gasteiger partial charge in [-0.3, -0.25) is 0 Å². The molecule has 0 aromatic carbocycles. The first-order valence-corrected chi connectivity index (χ1v) is 4.71. The van der Waals surface area contributed by atoms with Crippen LogP contribution in [0.3, 0.4) is 0 Å². The Morgan fingerprint density at radius 3 is 2.23 bits per heavy atom. The van der Waals surface area contributed by atoms with Crippen molar-refractivity contribution in [1.82, 2.24) is 9.66 Å². The second kappa shape index (κ2) is 3.68. The van der Waals surface area contributed by atoms with Crippen LogP contribution < -0.4 is 11.6 Å². The van der Waals surface area contributed by atoms with E-state index in [1.54, 1.807) is 0 Å². The smallest absolute Gasteiger partial charge is 0.146 e. The Balaban J connectivity index is 3.06. The number of hydrogen-bond acceptors (Lipinski definition) is 3. The van der Waals surface area contributed by atoms with E-state index < -0.39 is 0 Å². The van der Waals surface area contributed by atoms with Crippen molar-refractivity contribution in [2.45, 2.75) is 39.5 Å². The van der Waals surface area contributed by atoms with Gasteiger partial charge in [0.15, 0.2) is 0 Å². The lowest BCUT2D eigenvalue weighted by molar-refractivity contribution is 0.627. The first-order chi connectivity index (χ1) is 6.11. The van der Waals surface area contributed by atoms with E-state index in [-0.39, 0.29) is 0 Å². The topological polar surface area (TPSA) is 69.9 Å². The molecular weight excluding hydrogens is 164 g/mol. The molecule has 4 N–H and O–H groups in total. The summed E-state index contributed by atoms with van der Waals surface area (Å²) in [6, 6.07) is 0. The minimum absolute atomic E-state index is 0.434. The number of aryl methyl sites for hydroxylation is 1. The number of nitrogen functional groups attached to an aromatic ring is 2. The van der Waals surface area contributed by atoms with Gasteiger partial charge in [-0.1, -0.05) is 13.8 Å². The molecule has 1 heterocycles. The van der Waals surface area contributed by atoms with Crippen LogP contribution in [0, 0.1) is 6.92 Å². The summed E-state index contributed by atoms with van der Waals surface area (Å²) in [5.41, 5.74) is 6.78. The standard InChI is InChI=1S/C9H18N4/c1-4-7(5-2)8-9(10)13(11)6(3)12-8/h7H,4-5,10-11H2,1-3H3. The van der Waals surface area contributed by atoms with Crippen LogP contribution in [0.1, 0.15) is 44.1 Å². The molecule has 13 heavy (non-hydrogen) atoms. The summed E-state index contributed by atoms with van der Waals surface area (Å²) in [4.78, 5) is 4.36. The fourth-order valence-corrected chi connectivity index (χ4v) is 1.56. The first-order valence-electron chi connectivity index (χ1n) is 4.71. The highest BCUT2D eigenvalue weighted by Crippen LogP contribution is 2.26. The number of anilines is 1. The van der Waals surface area contributed by atoms with Gasteiger partial charge < -0.3 is 11.6 Å². The molecular formula is C9H18N4. The zero-order valence-corrected chi connectivity index (χ0v) is 8.54. The third-order valence-corrected chi connectivity index (χ3v) is 2.53. The van der Waals surface area contributed by atoms with Crippen molar-refractivity contribution < 1.29 is 0 Å². The zero-order chi connectivity index (χ0) is 10.0. The van der Waals surface area contributed by atoms with Crippen molar-refractivity contribution in [3.8, 4) is 0 Å².